The summed E-state index contributed by atoms with van der Waals surface area (Å²) in [5, 5.41) is 0. The lowest BCUT2D eigenvalue weighted by Gasteiger charge is -2.00. The molecular formula is C15H22O4. The molecule has 0 unspecified atom stereocenters. The second-order valence-electron chi connectivity index (χ2n) is 3.87. The first-order chi connectivity index (χ1) is 9.02. The number of carbonyl (C=O) groups excluding carboxylic acids is 2. The highest BCUT2D eigenvalue weighted by Gasteiger charge is 2.03. The van der Waals surface area contributed by atoms with Crippen LogP contribution in [0, 0.1) is 0 Å². The number of hydrogen-bond acceptors (Lipinski definition) is 4. The van der Waals surface area contributed by atoms with Gasteiger partial charge in [-0.3, -0.25) is 4.79 Å². The van der Waals surface area contributed by atoms with Crippen LogP contribution in [-0.4, -0.2) is 31.6 Å². The Labute approximate surface area is 114 Å². The lowest BCUT2D eigenvalue weighted by Crippen LogP contribution is -2.09. The van der Waals surface area contributed by atoms with E-state index in [2.05, 4.69) is 0 Å². The first-order valence-electron chi connectivity index (χ1n) is 6.32. The van der Waals surface area contributed by atoms with Gasteiger partial charge in [0.2, 0.25) is 0 Å². The number of Topliss-reactive ketones (excluding diaryl/α,β-unsaturated/α-hetero) is 1. The molecule has 0 fully saturated rings. The minimum Gasteiger partial charge on any atom is -0.463 e. The largest absolute Gasteiger partial charge is 0.463 e. The fraction of sp³-hybridized carbons (Fsp3) is 0.467. The van der Waals surface area contributed by atoms with Gasteiger partial charge in [-0.1, -0.05) is 24.3 Å². The zero-order chi connectivity index (χ0) is 14.7. The van der Waals surface area contributed by atoms with E-state index in [0.717, 1.165) is 0 Å². The number of allylic oxidation sites excluding steroid dienone is 4. The van der Waals surface area contributed by atoms with Gasteiger partial charge in [-0.2, -0.15) is 0 Å². The van der Waals surface area contributed by atoms with Gasteiger partial charge in [0.25, 0.3) is 0 Å². The van der Waals surface area contributed by atoms with Crippen molar-refractivity contribution < 1.29 is 19.1 Å². The molecule has 0 rings (SSSR count). The summed E-state index contributed by atoms with van der Waals surface area (Å²) in [5.74, 6) is -0.377. The second kappa shape index (κ2) is 10.3. The third-order valence-electron chi connectivity index (χ3n) is 2.28. The topological polar surface area (TPSA) is 52.6 Å². The summed E-state index contributed by atoms with van der Waals surface area (Å²) in [7, 11) is 0. The molecule has 0 radical (unpaired) electrons. The molecule has 0 bridgehead atoms. The Kier molecular flexibility index (Phi) is 9.35. The van der Waals surface area contributed by atoms with Crippen molar-refractivity contribution in [1.82, 2.24) is 0 Å². The van der Waals surface area contributed by atoms with Crippen molar-refractivity contribution in [2.24, 2.45) is 0 Å². The zero-order valence-corrected chi connectivity index (χ0v) is 12.1. The summed E-state index contributed by atoms with van der Waals surface area (Å²) in [6.45, 7) is 8.00. The van der Waals surface area contributed by atoms with Crippen molar-refractivity contribution in [3.8, 4) is 0 Å². The van der Waals surface area contributed by atoms with Gasteiger partial charge in [0.05, 0.1) is 6.61 Å². The molecule has 19 heavy (non-hydrogen) atoms. The molecule has 0 atom stereocenters. The second-order valence-corrected chi connectivity index (χ2v) is 3.87. The predicted octanol–water partition coefficient (Wildman–Crippen LogP) is 2.60. The van der Waals surface area contributed by atoms with Gasteiger partial charge in [-0.25, -0.2) is 4.79 Å². The van der Waals surface area contributed by atoms with Crippen LogP contribution in [0.2, 0.25) is 0 Å². The molecule has 0 aliphatic carbocycles. The number of carbonyl (C=O) groups is 2. The van der Waals surface area contributed by atoms with Crippen LogP contribution in [0.4, 0.5) is 0 Å². The molecule has 0 spiro atoms. The predicted molar refractivity (Wildman–Crippen MR) is 74.8 cm³/mol. The van der Waals surface area contributed by atoms with E-state index in [0.29, 0.717) is 24.4 Å². The van der Waals surface area contributed by atoms with Crippen molar-refractivity contribution in [2.75, 3.05) is 19.8 Å². The van der Waals surface area contributed by atoms with Gasteiger partial charge in [0, 0.05) is 12.2 Å². The van der Waals surface area contributed by atoms with Crippen LogP contribution < -0.4 is 0 Å². The Morgan fingerprint density at radius 1 is 0.947 bits per heavy atom. The van der Waals surface area contributed by atoms with E-state index >= 15 is 0 Å². The quantitative estimate of drug-likeness (QED) is 0.385. The average molecular weight is 266 g/mol. The zero-order valence-electron chi connectivity index (χ0n) is 12.1. The minimum atomic E-state index is -0.333. The van der Waals surface area contributed by atoms with Crippen molar-refractivity contribution in [2.45, 2.75) is 27.7 Å². The summed E-state index contributed by atoms with van der Waals surface area (Å²) in [6.07, 6.45) is 6.75. The highest BCUT2D eigenvalue weighted by molar-refractivity contribution is 5.96. The van der Waals surface area contributed by atoms with E-state index in [4.69, 9.17) is 9.47 Å². The summed E-state index contributed by atoms with van der Waals surface area (Å²) < 4.78 is 9.87. The van der Waals surface area contributed by atoms with Gasteiger partial charge in [0.1, 0.15) is 6.61 Å². The number of rotatable bonds is 8. The number of ether oxygens (including phenoxy) is 2. The highest BCUT2D eigenvalue weighted by Crippen LogP contribution is 1.99. The number of ketones is 1. The van der Waals surface area contributed by atoms with E-state index < -0.39 is 0 Å². The Hall–Kier alpha value is -1.68. The van der Waals surface area contributed by atoms with Gasteiger partial charge < -0.3 is 9.47 Å². The number of esters is 1. The van der Waals surface area contributed by atoms with E-state index in [1.54, 1.807) is 45.1 Å². The molecule has 0 amide bonds. The fourth-order valence-electron chi connectivity index (χ4n) is 1.11. The van der Waals surface area contributed by atoms with Crippen LogP contribution in [-0.2, 0) is 19.1 Å². The van der Waals surface area contributed by atoms with Gasteiger partial charge in [-0.05, 0) is 33.3 Å². The molecule has 0 aromatic heterocycles. The first-order valence-corrected chi connectivity index (χ1v) is 6.32. The first kappa shape index (κ1) is 17.3. The summed E-state index contributed by atoms with van der Waals surface area (Å²) in [5.41, 5.74) is 1.14. The Bertz CT molecular complexity index is 389. The van der Waals surface area contributed by atoms with Gasteiger partial charge in [0.15, 0.2) is 5.78 Å². The molecule has 4 heteroatoms. The van der Waals surface area contributed by atoms with Crippen LogP contribution in [0.1, 0.15) is 27.7 Å². The summed E-state index contributed by atoms with van der Waals surface area (Å²) in [6, 6.07) is 0. The maximum atomic E-state index is 11.5. The molecule has 4 nitrogen and oxygen atoms in total. The standard InChI is InChI=1S/C15H22O4/c1-5-18-11-14(16)12(3)9-7-8-10-13(4)15(17)19-6-2/h7-10H,5-6,11H2,1-4H3/b8-7+,12-9+,13-10+. The van der Waals surface area contributed by atoms with E-state index in [-0.39, 0.29) is 18.4 Å². The SMILES string of the molecule is CCOCC(=O)/C(C)=C/C=C/C=C(\C)C(=O)OCC. The molecular weight excluding hydrogens is 244 g/mol. The Morgan fingerprint density at radius 3 is 2.05 bits per heavy atom. The van der Waals surface area contributed by atoms with Gasteiger partial charge in [-0.15, -0.1) is 0 Å². The van der Waals surface area contributed by atoms with Crippen LogP contribution in [0.15, 0.2) is 35.5 Å². The van der Waals surface area contributed by atoms with Crippen LogP contribution in [0.25, 0.3) is 0 Å². The average Bonchev–Trinajstić information content (AvgIpc) is 2.40. The molecule has 0 aliphatic heterocycles. The molecule has 0 saturated carbocycles. The summed E-state index contributed by atoms with van der Waals surface area (Å²) in [4.78, 5) is 22.8. The molecule has 0 saturated heterocycles. The maximum absolute atomic E-state index is 11.5. The van der Waals surface area contributed by atoms with Crippen LogP contribution >= 0.6 is 0 Å². The van der Waals surface area contributed by atoms with Crippen molar-refractivity contribution in [3.05, 3.63) is 35.5 Å². The third-order valence-corrected chi connectivity index (χ3v) is 2.28. The Balaban J connectivity index is 4.37. The molecule has 0 aromatic rings. The van der Waals surface area contributed by atoms with E-state index in [9.17, 15) is 9.59 Å². The number of hydrogen-bond donors (Lipinski definition) is 0. The van der Waals surface area contributed by atoms with Crippen molar-refractivity contribution in [3.63, 3.8) is 0 Å². The van der Waals surface area contributed by atoms with Gasteiger partial charge >= 0.3 is 5.97 Å². The summed E-state index contributed by atoms with van der Waals surface area (Å²) >= 11 is 0. The van der Waals surface area contributed by atoms with Crippen LogP contribution in [0.3, 0.4) is 0 Å². The molecule has 0 aliphatic rings. The van der Waals surface area contributed by atoms with Crippen molar-refractivity contribution >= 4 is 11.8 Å². The van der Waals surface area contributed by atoms with E-state index in [1.807, 2.05) is 6.92 Å². The fourth-order valence-corrected chi connectivity index (χ4v) is 1.11. The highest BCUT2D eigenvalue weighted by atomic mass is 16.5. The van der Waals surface area contributed by atoms with Crippen LogP contribution in [0.5, 0.6) is 0 Å². The molecule has 0 heterocycles. The molecule has 0 N–H and O–H groups in total. The maximum Gasteiger partial charge on any atom is 0.333 e. The van der Waals surface area contributed by atoms with E-state index in [1.165, 1.54) is 0 Å². The minimum absolute atomic E-state index is 0.0439. The third kappa shape index (κ3) is 8.11. The molecule has 0 aromatic carbocycles. The lowest BCUT2D eigenvalue weighted by atomic mass is 10.2. The van der Waals surface area contributed by atoms with Crippen molar-refractivity contribution in [1.29, 1.82) is 0 Å². The monoisotopic (exact) mass is 266 g/mol. The Morgan fingerprint density at radius 2 is 1.53 bits per heavy atom. The lowest BCUT2D eigenvalue weighted by molar-refractivity contribution is -0.138. The normalized spacial score (nSPS) is 12.8. The smallest absolute Gasteiger partial charge is 0.333 e. The molecule has 106 valence electrons.